The molecule has 3 aromatic rings. The highest BCUT2D eigenvalue weighted by Gasteiger charge is 2.18. The molecule has 1 N–H and O–H groups in total. The molecule has 0 aliphatic carbocycles. The standard InChI is InChI=1S/C22H20ClNO5/c1-13-8-20-17(10-18(13)23)16(9-22(27)29-20)12-28-21(26)11-19(24-14(2)25)15-6-4-3-5-7-15/h3-10,19H,11-12H2,1-2H3,(H,24,25)/t19-/m0/s1. The zero-order valence-electron chi connectivity index (χ0n) is 16.0. The van der Waals surface area contributed by atoms with Crippen LogP contribution in [0, 0.1) is 6.92 Å². The molecule has 0 saturated carbocycles. The predicted molar refractivity (Wildman–Crippen MR) is 110 cm³/mol. The Morgan fingerprint density at radius 2 is 1.90 bits per heavy atom. The maximum absolute atomic E-state index is 12.4. The molecule has 7 heteroatoms. The van der Waals surface area contributed by atoms with Crippen molar-refractivity contribution in [3.63, 3.8) is 0 Å². The van der Waals surface area contributed by atoms with Gasteiger partial charge in [0.1, 0.15) is 12.2 Å². The number of aryl methyl sites for hydroxylation is 1. The Balaban J connectivity index is 1.77. The summed E-state index contributed by atoms with van der Waals surface area (Å²) in [5.74, 6) is -0.754. The number of benzene rings is 2. The molecule has 3 rings (SSSR count). The van der Waals surface area contributed by atoms with Crippen LogP contribution in [0.3, 0.4) is 0 Å². The Labute approximate surface area is 172 Å². The first-order valence-electron chi connectivity index (χ1n) is 9.04. The van der Waals surface area contributed by atoms with Crippen molar-refractivity contribution in [3.8, 4) is 0 Å². The van der Waals surface area contributed by atoms with E-state index in [1.54, 1.807) is 19.1 Å². The number of amides is 1. The van der Waals surface area contributed by atoms with Crippen LogP contribution in [0.15, 0.2) is 57.7 Å². The first kappa shape index (κ1) is 20.6. The van der Waals surface area contributed by atoms with Crippen LogP contribution >= 0.6 is 11.6 Å². The van der Waals surface area contributed by atoms with E-state index in [1.807, 2.05) is 30.3 Å². The Hall–Kier alpha value is -3.12. The van der Waals surface area contributed by atoms with Crippen LogP contribution in [0.5, 0.6) is 0 Å². The van der Waals surface area contributed by atoms with Crippen LogP contribution in [-0.2, 0) is 20.9 Å². The van der Waals surface area contributed by atoms with Crippen LogP contribution in [0.4, 0.5) is 0 Å². The van der Waals surface area contributed by atoms with Gasteiger partial charge in [0.25, 0.3) is 0 Å². The second-order valence-electron chi connectivity index (χ2n) is 6.72. The maximum Gasteiger partial charge on any atom is 0.336 e. The minimum atomic E-state index is -0.536. The largest absolute Gasteiger partial charge is 0.461 e. The molecule has 0 fully saturated rings. The SMILES string of the molecule is CC(=O)N[C@@H](CC(=O)OCc1cc(=O)oc2cc(C)c(Cl)cc12)c1ccccc1. The highest BCUT2D eigenvalue weighted by molar-refractivity contribution is 6.32. The summed E-state index contributed by atoms with van der Waals surface area (Å²) in [4.78, 5) is 35.8. The third-order valence-corrected chi connectivity index (χ3v) is 4.86. The summed E-state index contributed by atoms with van der Waals surface area (Å²) in [5.41, 5.74) is 1.92. The summed E-state index contributed by atoms with van der Waals surface area (Å²) in [7, 11) is 0. The van der Waals surface area contributed by atoms with Gasteiger partial charge in [-0.25, -0.2) is 4.79 Å². The molecule has 1 amide bonds. The first-order valence-corrected chi connectivity index (χ1v) is 9.42. The maximum atomic E-state index is 12.4. The number of ether oxygens (including phenoxy) is 1. The minimum absolute atomic E-state index is 0.0389. The third kappa shape index (κ3) is 5.23. The fraction of sp³-hybridized carbons (Fsp3) is 0.227. The molecule has 0 bridgehead atoms. The van der Waals surface area contributed by atoms with Gasteiger partial charge in [-0.05, 0) is 30.2 Å². The van der Waals surface area contributed by atoms with Crippen molar-refractivity contribution in [2.75, 3.05) is 0 Å². The molecule has 1 atom stereocenters. The number of nitrogens with one attached hydrogen (secondary N) is 1. The molecular formula is C22H20ClNO5. The van der Waals surface area contributed by atoms with Gasteiger partial charge in [0.2, 0.25) is 5.91 Å². The first-order chi connectivity index (χ1) is 13.8. The van der Waals surface area contributed by atoms with Crippen molar-refractivity contribution >= 4 is 34.4 Å². The summed E-state index contributed by atoms with van der Waals surface area (Å²) in [6.45, 7) is 3.09. The third-order valence-electron chi connectivity index (χ3n) is 4.45. The van der Waals surface area contributed by atoms with E-state index in [2.05, 4.69) is 5.32 Å². The molecule has 29 heavy (non-hydrogen) atoms. The fourth-order valence-corrected chi connectivity index (χ4v) is 3.20. The molecule has 0 unspecified atom stereocenters. The lowest BCUT2D eigenvalue weighted by Crippen LogP contribution is -2.28. The number of fused-ring (bicyclic) bond motifs is 1. The van der Waals surface area contributed by atoms with Crippen molar-refractivity contribution in [2.45, 2.75) is 32.9 Å². The van der Waals surface area contributed by atoms with E-state index >= 15 is 0 Å². The molecule has 2 aromatic carbocycles. The summed E-state index contributed by atoms with van der Waals surface area (Å²) < 4.78 is 10.6. The monoisotopic (exact) mass is 413 g/mol. The topological polar surface area (TPSA) is 85.6 Å². The normalized spacial score (nSPS) is 11.8. The molecule has 0 radical (unpaired) electrons. The molecule has 1 aromatic heterocycles. The van der Waals surface area contributed by atoms with Gasteiger partial charge < -0.3 is 14.5 Å². The number of esters is 1. The zero-order chi connectivity index (χ0) is 21.0. The highest BCUT2D eigenvalue weighted by atomic mass is 35.5. The van der Waals surface area contributed by atoms with Crippen molar-refractivity contribution < 1.29 is 18.7 Å². The van der Waals surface area contributed by atoms with Gasteiger partial charge in [-0.15, -0.1) is 0 Å². The van der Waals surface area contributed by atoms with Crippen molar-refractivity contribution in [1.82, 2.24) is 5.32 Å². The number of carbonyl (C=O) groups is 2. The summed E-state index contributed by atoms with van der Waals surface area (Å²) >= 11 is 6.18. The van der Waals surface area contributed by atoms with E-state index in [-0.39, 0.29) is 18.9 Å². The van der Waals surface area contributed by atoms with E-state index < -0.39 is 17.6 Å². The van der Waals surface area contributed by atoms with Gasteiger partial charge in [0.15, 0.2) is 0 Å². The van der Waals surface area contributed by atoms with E-state index in [4.69, 9.17) is 20.8 Å². The molecule has 1 heterocycles. The Morgan fingerprint density at radius 3 is 2.59 bits per heavy atom. The average Bonchev–Trinajstić information content (AvgIpc) is 2.67. The molecule has 0 spiro atoms. The smallest absolute Gasteiger partial charge is 0.336 e. The average molecular weight is 414 g/mol. The molecule has 150 valence electrons. The fourth-order valence-electron chi connectivity index (χ4n) is 3.03. The van der Waals surface area contributed by atoms with Crippen LogP contribution in [0.25, 0.3) is 11.0 Å². The van der Waals surface area contributed by atoms with Crippen molar-refractivity contribution in [1.29, 1.82) is 0 Å². The van der Waals surface area contributed by atoms with Crippen LogP contribution in [0.1, 0.15) is 36.1 Å². The van der Waals surface area contributed by atoms with E-state index in [0.717, 1.165) is 11.1 Å². The molecule has 6 nitrogen and oxygen atoms in total. The van der Waals surface area contributed by atoms with E-state index in [0.29, 0.717) is 21.6 Å². The van der Waals surface area contributed by atoms with Crippen LogP contribution < -0.4 is 10.9 Å². The van der Waals surface area contributed by atoms with Crippen LogP contribution in [-0.4, -0.2) is 11.9 Å². The summed E-state index contributed by atoms with van der Waals surface area (Å²) in [5, 5.41) is 3.88. The molecule has 0 aliphatic rings. The van der Waals surface area contributed by atoms with Gasteiger partial charge in [-0.3, -0.25) is 9.59 Å². The molecule has 0 saturated heterocycles. The lowest BCUT2D eigenvalue weighted by Gasteiger charge is -2.17. The second kappa shape index (κ2) is 8.92. The zero-order valence-corrected chi connectivity index (χ0v) is 16.8. The molecular weight excluding hydrogens is 394 g/mol. The van der Waals surface area contributed by atoms with E-state index in [9.17, 15) is 14.4 Å². The number of rotatable bonds is 6. The number of hydrogen-bond acceptors (Lipinski definition) is 5. The summed E-state index contributed by atoms with van der Waals surface area (Å²) in [6.07, 6.45) is -0.0389. The second-order valence-corrected chi connectivity index (χ2v) is 7.12. The van der Waals surface area contributed by atoms with Crippen LogP contribution in [0.2, 0.25) is 5.02 Å². The minimum Gasteiger partial charge on any atom is -0.461 e. The lowest BCUT2D eigenvalue weighted by atomic mass is 10.0. The Morgan fingerprint density at radius 1 is 1.17 bits per heavy atom. The number of carbonyl (C=O) groups excluding carboxylic acids is 2. The van der Waals surface area contributed by atoms with Gasteiger partial charge in [-0.1, -0.05) is 41.9 Å². The van der Waals surface area contributed by atoms with Gasteiger partial charge in [0, 0.05) is 29.0 Å². The Kier molecular flexibility index (Phi) is 6.34. The van der Waals surface area contributed by atoms with Gasteiger partial charge in [-0.2, -0.15) is 0 Å². The highest BCUT2D eigenvalue weighted by Crippen LogP contribution is 2.26. The van der Waals surface area contributed by atoms with Gasteiger partial charge in [0.05, 0.1) is 12.5 Å². The predicted octanol–water partition coefficient (Wildman–Crippen LogP) is 4.07. The number of halogens is 1. The van der Waals surface area contributed by atoms with Crippen molar-refractivity contribution in [3.05, 3.63) is 80.7 Å². The lowest BCUT2D eigenvalue weighted by molar-refractivity contribution is -0.145. The number of hydrogen-bond donors (Lipinski definition) is 1. The van der Waals surface area contributed by atoms with Gasteiger partial charge >= 0.3 is 11.6 Å². The Bertz CT molecular complexity index is 1110. The summed E-state index contributed by atoms with van der Waals surface area (Å²) in [6, 6.07) is 13.3. The molecule has 0 aliphatic heterocycles. The van der Waals surface area contributed by atoms with E-state index in [1.165, 1.54) is 13.0 Å². The quantitative estimate of drug-likeness (QED) is 0.486. The van der Waals surface area contributed by atoms with Crippen molar-refractivity contribution in [2.24, 2.45) is 0 Å².